The third-order valence-electron chi connectivity index (χ3n) is 2.38. The first-order valence-corrected chi connectivity index (χ1v) is 6.77. The van der Waals surface area contributed by atoms with Crippen molar-refractivity contribution in [3.05, 3.63) is 57.0 Å². The van der Waals surface area contributed by atoms with Crippen LogP contribution in [0.4, 0.5) is 11.4 Å². The van der Waals surface area contributed by atoms with Gasteiger partial charge in [-0.25, -0.2) is 0 Å². The summed E-state index contributed by atoms with van der Waals surface area (Å²) in [6.07, 6.45) is 0. The largest absolute Gasteiger partial charge is 0.398 e. The Balaban J connectivity index is 2.25. The molecule has 18 heavy (non-hydrogen) atoms. The number of carbonyl (C=O) groups is 1. The van der Waals surface area contributed by atoms with Crippen molar-refractivity contribution < 1.29 is 4.79 Å². The first kappa shape index (κ1) is 13.1. The molecule has 0 saturated carbocycles. The average Bonchev–Trinajstić information content (AvgIpc) is 2.32. The minimum absolute atomic E-state index is 0.230. The van der Waals surface area contributed by atoms with Gasteiger partial charge in [-0.05, 0) is 46.3 Å². The quantitative estimate of drug-likeness (QED) is 0.784. The van der Waals surface area contributed by atoms with E-state index in [-0.39, 0.29) is 5.91 Å². The maximum atomic E-state index is 12.1. The molecule has 1 amide bonds. The molecule has 0 fully saturated rings. The van der Waals surface area contributed by atoms with Gasteiger partial charge in [0.05, 0.1) is 11.3 Å². The van der Waals surface area contributed by atoms with Gasteiger partial charge in [0.1, 0.15) is 0 Å². The van der Waals surface area contributed by atoms with E-state index in [2.05, 4.69) is 37.2 Å². The predicted octanol–water partition coefficient (Wildman–Crippen LogP) is 4.05. The molecule has 0 heterocycles. The second-order valence-electron chi connectivity index (χ2n) is 3.67. The number of para-hydroxylation sites is 1. The van der Waals surface area contributed by atoms with Crippen LogP contribution in [0, 0.1) is 0 Å². The molecule has 2 aromatic carbocycles. The molecule has 0 bridgehead atoms. The molecule has 0 aromatic heterocycles. The molecule has 0 aliphatic heterocycles. The third-order valence-corrected chi connectivity index (χ3v) is 3.57. The van der Waals surface area contributed by atoms with Crippen LogP contribution in [0.3, 0.4) is 0 Å². The zero-order valence-corrected chi connectivity index (χ0v) is 12.5. The van der Waals surface area contributed by atoms with Crippen LogP contribution in [0.15, 0.2) is 51.4 Å². The highest BCUT2D eigenvalue weighted by Gasteiger charge is 2.11. The van der Waals surface area contributed by atoms with Crippen LogP contribution < -0.4 is 11.1 Å². The Labute approximate surface area is 122 Å². The number of anilines is 2. The first-order chi connectivity index (χ1) is 8.58. The lowest BCUT2D eigenvalue weighted by atomic mass is 10.1. The van der Waals surface area contributed by atoms with E-state index in [1.165, 1.54) is 0 Å². The summed E-state index contributed by atoms with van der Waals surface area (Å²) in [6, 6.07) is 12.6. The van der Waals surface area contributed by atoms with Gasteiger partial charge in [0.25, 0.3) is 5.91 Å². The van der Waals surface area contributed by atoms with E-state index in [0.29, 0.717) is 16.9 Å². The van der Waals surface area contributed by atoms with Crippen molar-refractivity contribution in [2.45, 2.75) is 0 Å². The molecule has 0 aliphatic rings. The van der Waals surface area contributed by atoms with E-state index < -0.39 is 0 Å². The number of amides is 1. The van der Waals surface area contributed by atoms with E-state index in [4.69, 9.17) is 5.73 Å². The number of halogens is 2. The molecular weight excluding hydrogens is 360 g/mol. The molecule has 92 valence electrons. The lowest BCUT2D eigenvalue weighted by molar-refractivity contribution is 0.102. The first-order valence-electron chi connectivity index (χ1n) is 5.19. The maximum Gasteiger partial charge on any atom is 0.257 e. The van der Waals surface area contributed by atoms with Crippen molar-refractivity contribution >= 4 is 49.1 Å². The van der Waals surface area contributed by atoms with Crippen LogP contribution in [-0.4, -0.2) is 5.91 Å². The van der Waals surface area contributed by atoms with Crippen LogP contribution in [0.2, 0.25) is 0 Å². The maximum absolute atomic E-state index is 12.1. The molecule has 0 saturated heterocycles. The smallest absolute Gasteiger partial charge is 0.257 e. The molecule has 0 spiro atoms. The lowest BCUT2D eigenvalue weighted by Crippen LogP contribution is -2.14. The summed E-state index contributed by atoms with van der Waals surface area (Å²) in [4.78, 5) is 12.1. The predicted molar refractivity (Wildman–Crippen MR) is 80.6 cm³/mol. The van der Waals surface area contributed by atoms with E-state index in [9.17, 15) is 4.79 Å². The Morgan fingerprint density at radius 2 is 1.83 bits per heavy atom. The highest BCUT2D eigenvalue weighted by molar-refractivity contribution is 9.10. The van der Waals surface area contributed by atoms with Gasteiger partial charge in [-0.2, -0.15) is 0 Å². The zero-order valence-electron chi connectivity index (χ0n) is 9.28. The van der Waals surface area contributed by atoms with Gasteiger partial charge in [-0.15, -0.1) is 0 Å². The third kappa shape index (κ3) is 2.91. The highest BCUT2D eigenvalue weighted by atomic mass is 79.9. The van der Waals surface area contributed by atoms with Gasteiger partial charge in [0.2, 0.25) is 0 Å². The number of hydrogen-bond donors (Lipinski definition) is 2. The molecular formula is C13H10Br2N2O. The van der Waals surface area contributed by atoms with Gasteiger partial charge >= 0.3 is 0 Å². The van der Waals surface area contributed by atoms with E-state index in [1.54, 1.807) is 18.2 Å². The molecule has 0 atom stereocenters. The highest BCUT2D eigenvalue weighted by Crippen LogP contribution is 2.24. The molecule has 0 radical (unpaired) electrons. The fourth-order valence-electron chi connectivity index (χ4n) is 1.49. The zero-order chi connectivity index (χ0) is 13.1. The Bertz CT molecular complexity index is 599. The summed E-state index contributed by atoms with van der Waals surface area (Å²) in [5.74, 6) is -0.230. The molecule has 3 N–H and O–H groups in total. The summed E-state index contributed by atoms with van der Waals surface area (Å²) < 4.78 is 1.67. The number of nitrogens with one attached hydrogen (secondary N) is 1. The van der Waals surface area contributed by atoms with Crippen molar-refractivity contribution in [1.82, 2.24) is 0 Å². The second kappa shape index (κ2) is 5.54. The van der Waals surface area contributed by atoms with Crippen LogP contribution in [-0.2, 0) is 0 Å². The standard InChI is InChI=1S/C13H10Br2N2O/c14-8-5-6-9(11(16)7-8)13(18)17-12-4-2-1-3-10(12)15/h1-7H,16H2,(H,17,18). The molecule has 0 aliphatic carbocycles. The van der Waals surface area contributed by atoms with Crippen LogP contribution in [0.5, 0.6) is 0 Å². The topological polar surface area (TPSA) is 55.1 Å². The summed E-state index contributed by atoms with van der Waals surface area (Å²) >= 11 is 6.68. The molecule has 0 unspecified atom stereocenters. The minimum Gasteiger partial charge on any atom is -0.398 e. The Hall–Kier alpha value is -1.33. The van der Waals surface area contributed by atoms with Crippen molar-refractivity contribution in [3.8, 4) is 0 Å². The molecule has 2 aromatic rings. The van der Waals surface area contributed by atoms with Crippen LogP contribution >= 0.6 is 31.9 Å². The number of benzene rings is 2. The van der Waals surface area contributed by atoms with Crippen molar-refractivity contribution in [2.75, 3.05) is 11.1 Å². The number of nitrogens with two attached hydrogens (primary N) is 1. The monoisotopic (exact) mass is 368 g/mol. The number of hydrogen-bond acceptors (Lipinski definition) is 2. The Kier molecular flexibility index (Phi) is 4.04. The number of rotatable bonds is 2. The average molecular weight is 370 g/mol. The van der Waals surface area contributed by atoms with Crippen LogP contribution in [0.1, 0.15) is 10.4 Å². The fraction of sp³-hybridized carbons (Fsp3) is 0. The summed E-state index contributed by atoms with van der Waals surface area (Å²) in [5, 5.41) is 2.81. The van der Waals surface area contributed by atoms with Gasteiger partial charge in [0, 0.05) is 14.6 Å². The van der Waals surface area contributed by atoms with Crippen LogP contribution in [0.25, 0.3) is 0 Å². The SMILES string of the molecule is Nc1cc(Br)ccc1C(=O)Nc1ccccc1Br. The van der Waals surface area contributed by atoms with Gasteiger partial charge < -0.3 is 11.1 Å². The second-order valence-corrected chi connectivity index (χ2v) is 5.44. The van der Waals surface area contributed by atoms with Gasteiger partial charge in [-0.1, -0.05) is 28.1 Å². The van der Waals surface area contributed by atoms with E-state index >= 15 is 0 Å². The van der Waals surface area contributed by atoms with Crippen molar-refractivity contribution in [1.29, 1.82) is 0 Å². The lowest BCUT2D eigenvalue weighted by Gasteiger charge is -2.09. The molecule has 3 nitrogen and oxygen atoms in total. The normalized spacial score (nSPS) is 10.1. The van der Waals surface area contributed by atoms with Gasteiger partial charge in [-0.3, -0.25) is 4.79 Å². The number of nitrogen functional groups attached to an aromatic ring is 1. The van der Waals surface area contributed by atoms with Crippen molar-refractivity contribution in [2.24, 2.45) is 0 Å². The number of carbonyl (C=O) groups excluding carboxylic acids is 1. The van der Waals surface area contributed by atoms with Gasteiger partial charge in [0.15, 0.2) is 0 Å². The fourth-order valence-corrected chi connectivity index (χ4v) is 2.26. The Morgan fingerprint density at radius 1 is 1.11 bits per heavy atom. The molecule has 5 heteroatoms. The summed E-state index contributed by atoms with van der Waals surface area (Å²) in [5.41, 5.74) is 7.42. The summed E-state index contributed by atoms with van der Waals surface area (Å²) in [6.45, 7) is 0. The van der Waals surface area contributed by atoms with Crippen molar-refractivity contribution in [3.63, 3.8) is 0 Å². The Morgan fingerprint density at radius 3 is 2.50 bits per heavy atom. The van der Waals surface area contributed by atoms with E-state index in [0.717, 1.165) is 8.95 Å². The minimum atomic E-state index is -0.230. The summed E-state index contributed by atoms with van der Waals surface area (Å²) in [7, 11) is 0. The molecule has 2 rings (SSSR count). The van der Waals surface area contributed by atoms with E-state index in [1.807, 2.05) is 24.3 Å².